The molecule has 106 valence electrons. The predicted octanol–water partition coefficient (Wildman–Crippen LogP) is 2.85. The highest BCUT2D eigenvalue weighted by molar-refractivity contribution is 5.55. The third-order valence-electron chi connectivity index (χ3n) is 3.64. The lowest BCUT2D eigenvalue weighted by atomic mass is 10.0. The summed E-state index contributed by atoms with van der Waals surface area (Å²) in [6.45, 7) is 3.40. The van der Waals surface area contributed by atoms with E-state index < -0.39 is 0 Å². The Morgan fingerprint density at radius 2 is 2.26 bits per heavy atom. The van der Waals surface area contributed by atoms with Crippen molar-refractivity contribution in [1.82, 2.24) is 0 Å². The maximum atomic E-state index is 14.1. The zero-order valence-corrected chi connectivity index (χ0v) is 11.7. The summed E-state index contributed by atoms with van der Waals surface area (Å²) in [5.41, 5.74) is 7.38. The molecule has 2 rings (SSSR count). The number of rotatable bonds is 4. The van der Waals surface area contributed by atoms with Crippen molar-refractivity contribution >= 4 is 5.69 Å². The van der Waals surface area contributed by atoms with Crippen LogP contribution in [0.4, 0.5) is 10.1 Å². The first kappa shape index (κ1) is 14.3. The van der Waals surface area contributed by atoms with Crippen molar-refractivity contribution < 1.29 is 9.13 Å². The summed E-state index contributed by atoms with van der Waals surface area (Å²) in [5, 5.41) is 0. The monoisotopic (exact) mass is 266 g/mol. The van der Waals surface area contributed by atoms with Gasteiger partial charge in [-0.15, -0.1) is 0 Å². The Bertz CT molecular complexity index is 417. The Kier molecular flexibility index (Phi) is 4.77. The highest BCUT2D eigenvalue weighted by Gasteiger charge is 2.20. The van der Waals surface area contributed by atoms with Crippen molar-refractivity contribution in [2.75, 3.05) is 25.1 Å². The minimum absolute atomic E-state index is 0.180. The van der Waals surface area contributed by atoms with E-state index in [9.17, 15) is 4.39 Å². The highest BCUT2D eigenvalue weighted by Crippen LogP contribution is 2.28. The van der Waals surface area contributed by atoms with E-state index in [2.05, 4.69) is 0 Å². The fourth-order valence-corrected chi connectivity index (χ4v) is 2.65. The van der Waals surface area contributed by atoms with E-state index in [-0.39, 0.29) is 18.0 Å². The fourth-order valence-electron chi connectivity index (χ4n) is 2.65. The number of halogens is 1. The molecule has 3 nitrogen and oxygen atoms in total. The molecule has 0 bridgehead atoms. The molecular weight excluding hydrogens is 243 g/mol. The van der Waals surface area contributed by atoms with Gasteiger partial charge in [0.25, 0.3) is 0 Å². The number of likely N-dealkylation sites (N-methyl/N-ethyl adjacent to an activating group) is 1. The van der Waals surface area contributed by atoms with E-state index in [4.69, 9.17) is 10.5 Å². The lowest BCUT2D eigenvalue weighted by molar-refractivity contribution is 0.0215. The van der Waals surface area contributed by atoms with Crippen molar-refractivity contribution in [3.63, 3.8) is 0 Å². The number of hydrogen-bond donors (Lipinski definition) is 1. The van der Waals surface area contributed by atoms with Crippen LogP contribution in [0.15, 0.2) is 18.2 Å². The minimum Gasteiger partial charge on any atom is -0.376 e. The molecule has 1 fully saturated rings. The molecule has 0 spiro atoms. The zero-order chi connectivity index (χ0) is 13.8. The number of para-hydroxylation sites is 1. The second-order valence-corrected chi connectivity index (χ2v) is 5.34. The quantitative estimate of drug-likeness (QED) is 0.910. The van der Waals surface area contributed by atoms with Crippen molar-refractivity contribution in [3.05, 3.63) is 29.6 Å². The predicted molar refractivity (Wildman–Crippen MR) is 75.9 cm³/mol. The molecule has 0 aliphatic carbocycles. The maximum absolute atomic E-state index is 14.1. The molecule has 1 aliphatic rings. The van der Waals surface area contributed by atoms with Gasteiger partial charge in [-0.1, -0.05) is 12.1 Å². The fraction of sp³-hybridized carbons (Fsp3) is 0.600. The molecule has 0 aromatic heterocycles. The van der Waals surface area contributed by atoms with Crippen LogP contribution in [0.2, 0.25) is 0 Å². The molecular formula is C15H23FN2O. The van der Waals surface area contributed by atoms with Gasteiger partial charge < -0.3 is 15.4 Å². The summed E-state index contributed by atoms with van der Waals surface area (Å²) in [7, 11) is 1.91. The SMILES string of the molecule is C[C@@H](N)c1cccc(F)c1N(C)CC1CCCCO1. The Hall–Kier alpha value is -1.13. The molecule has 4 heteroatoms. The molecule has 2 atom stereocenters. The molecule has 1 saturated heterocycles. The van der Waals surface area contributed by atoms with Crippen LogP contribution < -0.4 is 10.6 Å². The molecule has 0 saturated carbocycles. The van der Waals surface area contributed by atoms with Gasteiger partial charge in [-0.25, -0.2) is 4.39 Å². The van der Waals surface area contributed by atoms with Crippen LogP contribution >= 0.6 is 0 Å². The lowest BCUT2D eigenvalue weighted by Crippen LogP contribution is -2.34. The van der Waals surface area contributed by atoms with Crippen LogP contribution in [0.25, 0.3) is 0 Å². The second-order valence-electron chi connectivity index (χ2n) is 5.34. The number of nitrogens with zero attached hydrogens (tertiary/aromatic N) is 1. The molecule has 1 unspecified atom stereocenters. The van der Waals surface area contributed by atoms with Gasteiger partial charge >= 0.3 is 0 Å². The Balaban J connectivity index is 2.15. The van der Waals surface area contributed by atoms with Gasteiger partial charge in [0.05, 0.1) is 11.8 Å². The van der Waals surface area contributed by atoms with Crippen molar-refractivity contribution in [2.45, 2.75) is 38.3 Å². The smallest absolute Gasteiger partial charge is 0.146 e. The summed E-state index contributed by atoms with van der Waals surface area (Å²) in [6.07, 6.45) is 3.56. The summed E-state index contributed by atoms with van der Waals surface area (Å²) in [6, 6.07) is 4.91. The van der Waals surface area contributed by atoms with Crippen LogP contribution in [0.5, 0.6) is 0 Å². The van der Waals surface area contributed by atoms with Crippen molar-refractivity contribution in [3.8, 4) is 0 Å². The Morgan fingerprint density at radius 3 is 2.89 bits per heavy atom. The van der Waals surface area contributed by atoms with Gasteiger partial charge in [-0.05, 0) is 37.8 Å². The summed E-state index contributed by atoms with van der Waals surface area (Å²) < 4.78 is 19.8. The molecule has 19 heavy (non-hydrogen) atoms. The van der Waals surface area contributed by atoms with E-state index in [1.165, 1.54) is 12.5 Å². The van der Waals surface area contributed by atoms with E-state index in [1.807, 2.05) is 24.9 Å². The van der Waals surface area contributed by atoms with Gasteiger partial charge in [-0.2, -0.15) is 0 Å². The summed E-state index contributed by atoms with van der Waals surface area (Å²) in [5.74, 6) is -0.215. The molecule has 1 heterocycles. The van der Waals surface area contributed by atoms with Gasteiger partial charge in [0.1, 0.15) is 5.82 Å². The van der Waals surface area contributed by atoms with E-state index in [1.54, 1.807) is 6.07 Å². The van der Waals surface area contributed by atoms with E-state index in [0.717, 1.165) is 25.0 Å². The first-order valence-corrected chi connectivity index (χ1v) is 6.96. The number of ether oxygens (including phenoxy) is 1. The second kappa shape index (κ2) is 6.35. The van der Waals surface area contributed by atoms with E-state index in [0.29, 0.717) is 12.2 Å². The lowest BCUT2D eigenvalue weighted by Gasteiger charge is -2.30. The average Bonchev–Trinajstić information content (AvgIpc) is 2.39. The topological polar surface area (TPSA) is 38.5 Å². The van der Waals surface area contributed by atoms with Gasteiger partial charge in [-0.3, -0.25) is 0 Å². The number of benzene rings is 1. The van der Waals surface area contributed by atoms with Crippen LogP contribution in [0.1, 0.15) is 37.8 Å². The van der Waals surface area contributed by atoms with Crippen molar-refractivity contribution in [2.24, 2.45) is 5.73 Å². The van der Waals surface area contributed by atoms with Crippen LogP contribution in [-0.4, -0.2) is 26.3 Å². The van der Waals surface area contributed by atoms with E-state index >= 15 is 0 Å². The Morgan fingerprint density at radius 1 is 1.47 bits per heavy atom. The molecule has 1 aromatic rings. The number of hydrogen-bond acceptors (Lipinski definition) is 3. The molecule has 1 aliphatic heterocycles. The van der Waals surface area contributed by atoms with Crippen LogP contribution in [-0.2, 0) is 4.74 Å². The summed E-state index contributed by atoms with van der Waals surface area (Å²) in [4.78, 5) is 1.93. The molecule has 0 amide bonds. The normalized spacial score (nSPS) is 21.2. The third-order valence-corrected chi connectivity index (χ3v) is 3.64. The number of anilines is 1. The van der Waals surface area contributed by atoms with Crippen LogP contribution in [0, 0.1) is 5.82 Å². The highest BCUT2D eigenvalue weighted by atomic mass is 19.1. The zero-order valence-electron chi connectivity index (χ0n) is 11.7. The average molecular weight is 266 g/mol. The van der Waals surface area contributed by atoms with Gasteiger partial charge in [0, 0.05) is 26.2 Å². The van der Waals surface area contributed by atoms with Gasteiger partial charge in [0.15, 0.2) is 0 Å². The van der Waals surface area contributed by atoms with Gasteiger partial charge in [0.2, 0.25) is 0 Å². The van der Waals surface area contributed by atoms with Crippen LogP contribution in [0.3, 0.4) is 0 Å². The maximum Gasteiger partial charge on any atom is 0.146 e. The van der Waals surface area contributed by atoms with Crippen molar-refractivity contribution in [1.29, 1.82) is 0 Å². The summed E-state index contributed by atoms with van der Waals surface area (Å²) >= 11 is 0. The standard InChI is InChI=1S/C15H23FN2O/c1-11(17)13-7-5-8-14(16)15(13)18(2)10-12-6-3-4-9-19-12/h5,7-8,11-12H,3-4,6,9-10,17H2,1-2H3/t11-,12?/m1/s1. The minimum atomic E-state index is -0.215. The molecule has 0 radical (unpaired) electrons. The number of nitrogens with two attached hydrogens (primary N) is 1. The molecule has 1 aromatic carbocycles. The first-order chi connectivity index (χ1) is 9.09. The Labute approximate surface area is 114 Å². The molecule has 2 N–H and O–H groups in total. The third kappa shape index (κ3) is 3.45. The largest absolute Gasteiger partial charge is 0.376 e. The first-order valence-electron chi connectivity index (χ1n) is 6.96.